The summed E-state index contributed by atoms with van der Waals surface area (Å²) in [6.07, 6.45) is 0. The van der Waals surface area contributed by atoms with Crippen molar-refractivity contribution in [3.8, 4) is 0 Å². The summed E-state index contributed by atoms with van der Waals surface area (Å²) in [4.78, 5) is 0. The van der Waals surface area contributed by atoms with Gasteiger partial charge < -0.3 is 0 Å². The van der Waals surface area contributed by atoms with Crippen LogP contribution in [0.5, 0.6) is 0 Å². The molecule has 5 nitrogen and oxygen atoms in total. The summed E-state index contributed by atoms with van der Waals surface area (Å²) in [6, 6.07) is 0. The number of rotatable bonds is 3. The summed E-state index contributed by atoms with van der Waals surface area (Å²) in [5.41, 5.74) is -12.4. The number of nitrogens with one attached hydrogen (secondary N) is 1. The number of hydrogen-bond acceptors (Lipinski definition) is 5. The van der Waals surface area contributed by atoms with Crippen LogP contribution in [-0.2, 0) is 28.0 Å². The summed E-state index contributed by atoms with van der Waals surface area (Å²) in [6.45, 7) is 0. The fourth-order valence-corrected chi connectivity index (χ4v) is 8.29. The van der Waals surface area contributed by atoms with Gasteiger partial charge >= 0.3 is 92.8 Å². The maximum atomic E-state index is 11.9. The molecule has 0 aliphatic rings. The Morgan fingerprint density at radius 1 is 0.824 bits per heavy atom. The summed E-state index contributed by atoms with van der Waals surface area (Å²) >= 11 is -4.76. The zero-order chi connectivity index (χ0) is 14.3. The second kappa shape index (κ2) is 4.40. The van der Waals surface area contributed by atoms with E-state index in [1.165, 1.54) is 0 Å². The minimum absolute atomic E-state index is 0.876. The molecule has 0 heterocycles. The molecular weight excluding hydrogens is 351 g/mol. The maximum absolute atomic E-state index is 11.9. The Hall–Kier alpha value is -0.344. The van der Waals surface area contributed by atoms with E-state index in [2.05, 4.69) is 0 Å². The Kier molecular flexibility index (Phi) is 4.31. The molecule has 0 aromatic rings. The number of halogens is 6. The van der Waals surface area contributed by atoms with Crippen LogP contribution < -0.4 is 0 Å². The van der Waals surface area contributed by atoms with E-state index in [0.717, 1.165) is 0 Å². The standard InChI is InChI=1S/2CF3O2S.CH2N.Co/c2*2-1(3,4)7(5)6;1-2;/h;;1-2H;. The first-order chi connectivity index (χ1) is 7.19. The van der Waals surface area contributed by atoms with Crippen molar-refractivity contribution in [1.82, 2.24) is 0 Å². The van der Waals surface area contributed by atoms with Crippen molar-refractivity contribution in [1.29, 1.82) is 5.41 Å². The minimum atomic E-state index is -6.62. The van der Waals surface area contributed by atoms with E-state index in [9.17, 15) is 43.2 Å². The fraction of sp³-hybridized carbons (Fsp3) is 0.667. The molecule has 0 amide bonds. The summed E-state index contributed by atoms with van der Waals surface area (Å²) in [7, 11) is -13.2. The van der Waals surface area contributed by atoms with Gasteiger partial charge in [-0.05, 0) is 0 Å². The van der Waals surface area contributed by atoms with Gasteiger partial charge in [0.15, 0.2) is 0 Å². The van der Waals surface area contributed by atoms with Crippen LogP contribution >= 0.6 is 0 Å². The van der Waals surface area contributed by atoms with Gasteiger partial charge in [0.25, 0.3) is 0 Å². The van der Waals surface area contributed by atoms with Crippen LogP contribution in [0.2, 0.25) is 0 Å². The molecule has 0 spiro atoms. The van der Waals surface area contributed by atoms with Crippen molar-refractivity contribution in [3.05, 3.63) is 0 Å². The summed E-state index contributed by atoms with van der Waals surface area (Å²) in [5, 5.41) is 5.30. The van der Waals surface area contributed by atoms with Crippen LogP contribution in [0.25, 0.3) is 0 Å². The van der Waals surface area contributed by atoms with Gasteiger partial charge in [0, 0.05) is 0 Å². The molecule has 0 atom stereocenters. The zero-order valence-corrected chi connectivity index (χ0v) is 9.80. The normalized spacial score (nSPS) is 15.5. The molecule has 0 saturated heterocycles. The molecule has 0 bridgehead atoms. The van der Waals surface area contributed by atoms with Crippen molar-refractivity contribution in [2.45, 2.75) is 11.0 Å². The fourth-order valence-electron chi connectivity index (χ4n) is 0.352. The molecule has 0 aliphatic carbocycles. The van der Waals surface area contributed by atoms with Crippen LogP contribution in [0.1, 0.15) is 0 Å². The Morgan fingerprint density at radius 3 is 1.18 bits per heavy atom. The van der Waals surface area contributed by atoms with E-state index in [0.29, 0.717) is 0 Å². The molecule has 0 aliphatic heterocycles. The van der Waals surface area contributed by atoms with Gasteiger partial charge in [-0.3, -0.25) is 0 Å². The third-order valence-corrected chi connectivity index (χ3v) is 12.0. The van der Waals surface area contributed by atoms with Crippen LogP contribution in [-0.4, -0.2) is 33.0 Å². The average molecular weight is 353 g/mol. The quantitative estimate of drug-likeness (QED) is 0.603. The monoisotopic (exact) mass is 353 g/mol. The SMILES string of the molecule is N=[CH][Co]([S](=O)(=O)C(F)(F)F)[S](=O)(=O)C(F)(F)F. The molecule has 0 aromatic heterocycles. The Morgan fingerprint density at radius 2 is 1.06 bits per heavy atom. The molecule has 0 radical (unpaired) electrons. The van der Waals surface area contributed by atoms with Crippen molar-refractivity contribution in [2.75, 3.05) is 0 Å². The molecule has 0 saturated carbocycles. The molecule has 0 aromatic carbocycles. The van der Waals surface area contributed by atoms with E-state index in [4.69, 9.17) is 5.41 Å². The van der Waals surface area contributed by atoms with E-state index in [1.807, 2.05) is 0 Å². The van der Waals surface area contributed by atoms with Crippen molar-refractivity contribution in [2.24, 2.45) is 0 Å². The topological polar surface area (TPSA) is 92.1 Å². The summed E-state index contributed by atoms with van der Waals surface area (Å²) in [5.74, 6) is 0. The number of hydrogen-bond donors (Lipinski definition) is 1. The van der Waals surface area contributed by atoms with Crippen LogP contribution in [0.3, 0.4) is 0 Å². The average Bonchev–Trinajstić information content (AvgIpc) is 1.99. The second-order valence-corrected chi connectivity index (χ2v) is 12.1. The molecule has 14 heteroatoms. The predicted octanol–water partition coefficient (Wildman–Crippen LogP) is 0.911. The van der Waals surface area contributed by atoms with Gasteiger partial charge in [0.2, 0.25) is 0 Å². The first kappa shape index (κ1) is 16.7. The van der Waals surface area contributed by atoms with Crippen LogP contribution in [0, 0.1) is 5.41 Å². The van der Waals surface area contributed by atoms with Gasteiger partial charge in [-0.1, -0.05) is 0 Å². The Bertz CT molecular complexity index is 458. The van der Waals surface area contributed by atoms with Crippen LogP contribution in [0.15, 0.2) is 0 Å². The molecule has 106 valence electrons. The van der Waals surface area contributed by atoms with E-state index < -0.39 is 44.2 Å². The van der Waals surface area contributed by atoms with Gasteiger partial charge in [0.05, 0.1) is 0 Å². The summed E-state index contributed by atoms with van der Waals surface area (Å²) < 4.78 is 113. The Balaban J connectivity index is 5.99. The molecular formula is C3H2CoF6NO4S2. The second-order valence-electron chi connectivity index (χ2n) is 2.03. The first-order valence-electron chi connectivity index (χ1n) is 2.96. The van der Waals surface area contributed by atoms with Crippen molar-refractivity contribution in [3.63, 3.8) is 0 Å². The van der Waals surface area contributed by atoms with Gasteiger partial charge in [-0.2, -0.15) is 0 Å². The molecule has 1 N–H and O–H groups in total. The molecule has 0 unspecified atom stereocenters. The van der Waals surface area contributed by atoms with Gasteiger partial charge in [-0.25, -0.2) is 0 Å². The third-order valence-electron chi connectivity index (χ3n) is 0.964. The molecule has 0 fully saturated rings. The molecule has 17 heavy (non-hydrogen) atoms. The van der Waals surface area contributed by atoms with Gasteiger partial charge in [0.1, 0.15) is 0 Å². The number of alkyl halides is 6. The zero-order valence-electron chi connectivity index (χ0n) is 7.13. The third kappa shape index (κ3) is 2.91. The predicted molar refractivity (Wildman–Crippen MR) is 38.7 cm³/mol. The van der Waals surface area contributed by atoms with Crippen molar-refractivity contribution >= 4 is 21.8 Å². The van der Waals surface area contributed by atoms with E-state index >= 15 is 0 Å². The van der Waals surface area contributed by atoms with E-state index in [-0.39, 0.29) is 0 Å². The Labute approximate surface area is 93.1 Å². The molecule has 0 rings (SSSR count). The van der Waals surface area contributed by atoms with Crippen molar-refractivity contribution < 1.29 is 54.6 Å². The first-order valence-corrected chi connectivity index (χ1v) is 8.81. The van der Waals surface area contributed by atoms with Gasteiger partial charge in [-0.15, -0.1) is 0 Å². The van der Waals surface area contributed by atoms with Crippen LogP contribution in [0.4, 0.5) is 26.3 Å². The van der Waals surface area contributed by atoms with E-state index in [1.54, 1.807) is 0 Å².